The standard InChI is InChI=1S/C69H127NO13/c1-3-5-7-9-11-13-15-17-19-21-23-24-25-26-27-28-29-30-31-32-33-34-35-36-38-40-42-44-46-48-50-52-58(73)57(70-61(74)53-51-49-47-45-43-41-39-37-22-20-18-16-14-12-10-8-6-4-2)56-80-68-66(79)64(77)67(60(55-72)82-68)83-69-65(78)63(76)62(75)59(54-71)81-69/h20,22,35-36,42,44,50,52,57-60,62-69,71-73,75-79H,3-19,21,23-34,37-41,43,45-49,51,53-56H2,1-2H3,(H,70,74)/b22-20-,36-35+,44-42+,52-50+. The van der Waals surface area contributed by atoms with Crippen LogP contribution in [0.2, 0.25) is 0 Å². The van der Waals surface area contributed by atoms with Crippen molar-refractivity contribution in [3.63, 3.8) is 0 Å². The van der Waals surface area contributed by atoms with Gasteiger partial charge in [-0.05, 0) is 70.6 Å². The fourth-order valence-electron chi connectivity index (χ4n) is 11.2. The Morgan fingerprint density at radius 2 is 0.771 bits per heavy atom. The molecule has 2 aliphatic heterocycles. The number of carbonyl (C=O) groups is 1. The average Bonchev–Trinajstić information content (AvgIpc) is 3.65. The molecule has 12 unspecified atom stereocenters. The van der Waals surface area contributed by atoms with Crippen LogP contribution in [0.25, 0.3) is 0 Å². The van der Waals surface area contributed by atoms with Crippen molar-refractivity contribution in [2.75, 3.05) is 19.8 Å². The molecule has 2 fully saturated rings. The summed E-state index contributed by atoms with van der Waals surface area (Å²) in [6.07, 6.45) is 53.2. The second-order valence-corrected chi connectivity index (χ2v) is 24.3. The van der Waals surface area contributed by atoms with Gasteiger partial charge in [0.15, 0.2) is 12.6 Å². The summed E-state index contributed by atoms with van der Waals surface area (Å²) in [5.74, 6) is -0.256. The van der Waals surface area contributed by atoms with Crippen LogP contribution in [0.5, 0.6) is 0 Å². The third-order valence-electron chi connectivity index (χ3n) is 16.7. The van der Waals surface area contributed by atoms with Crippen molar-refractivity contribution in [3.8, 4) is 0 Å². The molecule has 2 aliphatic rings. The van der Waals surface area contributed by atoms with Gasteiger partial charge in [0.2, 0.25) is 5.91 Å². The molecule has 0 radical (unpaired) electrons. The summed E-state index contributed by atoms with van der Waals surface area (Å²) in [7, 11) is 0. The molecule has 12 atom stereocenters. The first kappa shape index (κ1) is 77.0. The van der Waals surface area contributed by atoms with E-state index in [9.17, 15) is 45.6 Å². The molecule has 0 aromatic carbocycles. The van der Waals surface area contributed by atoms with Gasteiger partial charge in [-0.25, -0.2) is 0 Å². The van der Waals surface area contributed by atoms with E-state index in [0.717, 1.165) is 51.4 Å². The van der Waals surface area contributed by atoms with Crippen molar-refractivity contribution in [1.82, 2.24) is 5.32 Å². The van der Waals surface area contributed by atoms with Crippen molar-refractivity contribution >= 4 is 5.91 Å². The summed E-state index contributed by atoms with van der Waals surface area (Å²) in [5.41, 5.74) is 0. The van der Waals surface area contributed by atoms with Gasteiger partial charge in [-0.2, -0.15) is 0 Å². The molecule has 0 aromatic rings. The molecular weight excluding hydrogens is 1050 g/mol. The molecule has 14 heteroatoms. The quantitative estimate of drug-likeness (QED) is 0.0204. The highest BCUT2D eigenvalue weighted by molar-refractivity contribution is 5.76. The number of allylic oxidation sites excluding steroid dienone is 7. The second-order valence-electron chi connectivity index (χ2n) is 24.3. The summed E-state index contributed by atoms with van der Waals surface area (Å²) in [6, 6.07) is -0.942. The number of nitrogens with one attached hydrogen (secondary N) is 1. The third-order valence-corrected chi connectivity index (χ3v) is 16.7. The first-order chi connectivity index (χ1) is 40.6. The number of hydrogen-bond donors (Lipinski definition) is 9. The SMILES string of the molecule is CCCCCCCCC/C=C\CCCCCCCCCC(=O)NC(COC1OC(CO)C(OC2OC(CO)C(O)C(O)C2O)C(O)C1O)C(O)/C=C/CC/C=C/CC/C=C/CCCCCCCCCCCCCCCCCCCCCCC. The van der Waals surface area contributed by atoms with Gasteiger partial charge in [-0.1, -0.05) is 262 Å². The van der Waals surface area contributed by atoms with Crippen molar-refractivity contribution in [1.29, 1.82) is 0 Å². The van der Waals surface area contributed by atoms with Crippen LogP contribution in [0, 0.1) is 0 Å². The Balaban J connectivity index is 1.70. The summed E-state index contributed by atoms with van der Waals surface area (Å²) in [4.78, 5) is 13.3. The predicted molar refractivity (Wildman–Crippen MR) is 337 cm³/mol. The number of rotatable bonds is 56. The van der Waals surface area contributed by atoms with Crippen LogP contribution in [0.15, 0.2) is 48.6 Å². The zero-order valence-electron chi connectivity index (χ0n) is 52.7. The van der Waals surface area contributed by atoms with Crippen LogP contribution in [0.4, 0.5) is 0 Å². The van der Waals surface area contributed by atoms with Crippen LogP contribution in [0.3, 0.4) is 0 Å². The molecular formula is C69H127NO13. The van der Waals surface area contributed by atoms with E-state index in [-0.39, 0.29) is 18.9 Å². The zero-order chi connectivity index (χ0) is 60.2. The minimum Gasteiger partial charge on any atom is -0.394 e. The van der Waals surface area contributed by atoms with Crippen LogP contribution < -0.4 is 5.32 Å². The maximum atomic E-state index is 13.3. The largest absolute Gasteiger partial charge is 0.394 e. The Morgan fingerprint density at radius 1 is 0.422 bits per heavy atom. The maximum Gasteiger partial charge on any atom is 0.220 e. The van der Waals surface area contributed by atoms with Crippen molar-refractivity contribution < 1.29 is 64.6 Å². The van der Waals surface area contributed by atoms with E-state index in [1.807, 2.05) is 6.08 Å². The number of hydrogen-bond acceptors (Lipinski definition) is 13. The van der Waals surface area contributed by atoms with E-state index in [0.29, 0.717) is 12.8 Å². The van der Waals surface area contributed by atoms with Crippen molar-refractivity contribution in [2.24, 2.45) is 0 Å². The molecule has 14 nitrogen and oxygen atoms in total. The number of carbonyl (C=O) groups excluding carboxylic acids is 1. The molecule has 0 aromatic heterocycles. The average molecular weight is 1180 g/mol. The van der Waals surface area contributed by atoms with Crippen LogP contribution in [0.1, 0.15) is 290 Å². The lowest BCUT2D eigenvalue weighted by atomic mass is 9.97. The monoisotopic (exact) mass is 1180 g/mol. The Labute approximate surface area is 505 Å². The fourth-order valence-corrected chi connectivity index (χ4v) is 11.2. The van der Waals surface area contributed by atoms with Crippen molar-refractivity contribution in [2.45, 2.75) is 364 Å². The number of aliphatic hydroxyl groups excluding tert-OH is 8. The molecule has 0 aliphatic carbocycles. The van der Waals surface area contributed by atoms with Gasteiger partial charge in [-0.3, -0.25) is 4.79 Å². The molecule has 83 heavy (non-hydrogen) atoms. The van der Waals surface area contributed by atoms with Gasteiger partial charge in [0.1, 0.15) is 48.8 Å². The lowest BCUT2D eigenvalue weighted by molar-refractivity contribution is -0.359. The third kappa shape index (κ3) is 38.8. The number of aliphatic hydroxyl groups is 8. The van der Waals surface area contributed by atoms with Gasteiger partial charge >= 0.3 is 0 Å². The zero-order valence-corrected chi connectivity index (χ0v) is 52.7. The predicted octanol–water partition coefficient (Wildman–Crippen LogP) is 13.5. The Bertz CT molecular complexity index is 1580. The Morgan fingerprint density at radius 3 is 1.18 bits per heavy atom. The molecule has 1 amide bonds. The van der Waals surface area contributed by atoms with Crippen LogP contribution >= 0.6 is 0 Å². The summed E-state index contributed by atoms with van der Waals surface area (Å²) < 4.78 is 22.8. The van der Waals surface area contributed by atoms with Gasteiger partial charge in [0, 0.05) is 6.42 Å². The first-order valence-corrected chi connectivity index (χ1v) is 34.4. The van der Waals surface area contributed by atoms with Crippen LogP contribution in [-0.2, 0) is 23.7 Å². The molecule has 2 rings (SSSR count). The van der Waals surface area contributed by atoms with Gasteiger partial charge in [-0.15, -0.1) is 0 Å². The number of ether oxygens (including phenoxy) is 4. The number of amides is 1. The molecule has 9 N–H and O–H groups in total. The fraction of sp³-hybridized carbons (Fsp3) is 0.870. The summed E-state index contributed by atoms with van der Waals surface area (Å²) in [5, 5.41) is 87.3. The van der Waals surface area contributed by atoms with Crippen molar-refractivity contribution in [3.05, 3.63) is 48.6 Å². The molecule has 0 spiro atoms. The van der Waals surface area contributed by atoms with Crippen LogP contribution in [-0.4, -0.2) is 140 Å². The molecule has 0 saturated carbocycles. The first-order valence-electron chi connectivity index (χ1n) is 34.4. The van der Waals surface area contributed by atoms with Gasteiger partial charge in [0.25, 0.3) is 0 Å². The minimum atomic E-state index is -1.79. The molecule has 0 bridgehead atoms. The molecule has 2 saturated heterocycles. The van der Waals surface area contributed by atoms with Gasteiger partial charge in [0.05, 0.1) is 32.0 Å². The van der Waals surface area contributed by atoms with E-state index in [1.165, 1.54) is 205 Å². The van der Waals surface area contributed by atoms with E-state index < -0.39 is 86.8 Å². The normalized spacial score (nSPS) is 24.1. The summed E-state index contributed by atoms with van der Waals surface area (Å²) in [6.45, 7) is 2.80. The highest BCUT2D eigenvalue weighted by Crippen LogP contribution is 2.30. The molecule has 486 valence electrons. The second kappa shape index (κ2) is 54.1. The Kier molecular flexibility index (Phi) is 50.2. The molecule has 2 heterocycles. The van der Waals surface area contributed by atoms with E-state index in [2.05, 4.69) is 55.6 Å². The highest BCUT2D eigenvalue weighted by Gasteiger charge is 2.51. The van der Waals surface area contributed by atoms with E-state index >= 15 is 0 Å². The lowest BCUT2D eigenvalue weighted by Gasteiger charge is -2.46. The smallest absolute Gasteiger partial charge is 0.220 e. The minimum absolute atomic E-state index is 0.256. The topological polar surface area (TPSA) is 228 Å². The maximum absolute atomic E-state index is 13.3. The lowest BCUT2D eigenvalue weighted by Crippen LogP contribution is -2.65. The van der Waals surface area contributed by atoms with E-state index in [4.69, 9.17) is 18.9 Å². The highest BCUT2D eigenvalue weighted by atomic mass is 16.7. The van der Waals surface area contributed by atoms with Gasteiger partial charge < -0.3 is 65.1 Å². The Hall–Kier alpha value is -2.05. The summed E-state index contributed by atoms with van der Waals surface area (Å²) >= 11 is 0. The van der Waals surface area contributed by atoms with E-state index in [1.54, 1.807) is 6.08 Å². The number of unbranched alkanes of at least 4 members (excludes halogenated alkanes) is 37.